The first kappa shape index (κ1) is 13.2. The van der Waals surface area contributed by atoms with Crippen molar-refractivity contribution in [1.29, 1.82) is 0 Å². The van der Waals surface area contributed by atoms with Crippen LogP contribution in [0.5, 0.6) is 0 Å². The van der Waals surface area contributed by atoms with Gasteiger partial charge in [-0.05, 0) is 0 Å². The van der Waals surface area contributed by atoms with Gasteiger partial charge in [0, 0.05) is 0 Å². The summed E-state index contributed by atoms with van der Waals surface area (Å²) in [6.45, 7) is 1.13. The van der Waals surface area contributed by atoms with E-state index < -0.39 is 24.4 Å². The molecule has 0 aromatic rings. The average molecular weight is 250 g/mol. The van der Waals surface area contributed by atoms with Gasteiger partial charge in [0.25, 0.3) is 0 Å². The number of hydrogen-bond donors (Lipinski definition) is 4. The number of aliphatic hydroxyl groups is 4. The van der Waals surface area contributed by atoms with Crippen molar-refractivity contribution < 1.29 is 34.6 Å². The smallest absolute Gasteiger partial charge is 0.114 e. The number of fused-ring (bicyclic) bond motifs is 1. The highest BCUT2D eigenvalue weighted by molar-refractivity contribution is 4.93. The monoisotopic (exact) mass is 250 g/mol. The summed E-state index contributed by atoms with van der Waals surface area (Å²) < 4.78 is 14.8. The van der Waals surface area contributed by atoms with Crippen LogP contribution < -0.4 is 0 Å². The molecule has 7 heteroatoms. The normalized spacial score (nSPS) is 48.7. The van der Waals surface area contributed by atoms with E-state index in [-0.39, 0.29) is 38.6 Å². The molecular formula is C10H18O7. The molecule has 0 bridgehead atoms. The summed E-state index contributed by atoms with van der Waals surface area (Å²) in [7, 11) is 0. The lowest BCUT2D eigenvalue weighted by Gasteiger charge is -2.09. The number of ether oxygens (including phenoxy) is 3. The molecule has 6 atom stereocenters. The van der Waals surface area contributed by atoms with Crippen molar-refractivity contribution in [3.63, 3.8) is 0 Å². The summed E-state index contributed by atoms with van der Waals surface area (Å²) in [4.78, 5) is 0. The Labute approximate surface area is 98.5 Å². The highest BCUT2D eigenvalue weighted by Crippen LogP contribution is 2.26. The summed E-state index contributed by atoms with van der Waals surface area (Å²) in [5, 5.41) is 35.6. The van der Waals surface area contributed by atoms with Gasteiger partial charge in [-0.1, -0.05) is 0 Å². The molecule has 0 aromatic carbocycles. The number of hydrogen-bond acceptors (Lipinski definition) is 7. The van der Waals surface area contributed by atoms with Crippen molar-refractivity contribution in [3.8, 4) is 0 Å². The first-order valence-corrected chi connectivity index (χ1v) is 5.63. The Morgan fingerprint density at radius 1 is 0.588 bits per heavy atom. The summed E-state index contributed by atoms with van der Waals surface area (Å²) in [5.41, 5.74) is 0. The van der Waals surface area contributed by atoms with Gasteiger partial charge in [-0.15, -0.1) is 0 Å². The maximum absolute atomic E-state index is 9.16. The van der Waals surface area contributed by atoms with Crippen LogP contribution >= 0.6 is 0 Å². The second kappa shape index (κ2) is 5.57. The zero-order chi connectivity index (χ0) is 12.4. The molecule has 3 fully saturated rings. The number of aliphatic hydroxyl groups excluding tert-OH is 4. The molecule has 3 aliphatic heterocycles. The first-order chi connectivity index (χ1) is 8.09. The van der Waals surface area contributed by atoms with E-state index in [1.54, 1.807) is 0 Å². The quantitative estimate of drug-likeness (QED) is 0.369. The molecule has 3 heterocycles. The van der Waals surface area contributed by atoms with Gasteiger partial charge in [-0.2, -0.15) is 0 Å². The summed E-state index contributed by atoms with van der Waals surface area (Å²) in [6, 6.07) is 0. The minimum Gasteiger partial charge on any atom is -0.388 e. The third-order valence-electron chi connectivity index (χ3n) is 3.02. The van der Waals surface area contributed by atoms with Crippen LogP contribution in [-0.2, 0) is 14.2 Å². The fourth-order valence-electron chi connectivity index (χ4n) is 1.99. The van der Waals surface area contributed by atoms with Gasteiger partial charge in [-0.25, -0.2) is 0 Å². The molecule has 0 aromatic heterocycles. The van der Waals surface area contributed by atoms with E-state index in [4.69, 9.17) is 29.9 Å². The average Bonchev–Trinajstić information content (AvgIpc) is 2.94. The molecule has 3 saturated heterocycles. The fraction of sp³-hybridized carbons (Fsp3) is 1.00. The molecule has 17 heavy (non-hydrogen) atoms. The Morgan fingerprint density at radius 3 is 1.29 bits per heavy atom. The van der Waals surface area contributed by atoms with Gasteiger partial charge in [0.15, 0.2) is 0 Å². The lowest BCUT2D eigenvalue weighted by molar-refractivity contribution is 0.00205. The summed E-state index contributed by atoms with van der Waals surface area (Å²) >= 11 is 0. The molecule has 100 valence electrons. The van der Waals surface area contributed by atoms with Crippen LogP contribution in [0.1, 0.15) is 0 Å². The van der Waals surface area contributed by atoms with Crippen molar-refractivity contribution >= 4 is 0 Å². The van der Waals surface area contributed by atoms with Gasteiger partial charge >= 0.3 is 0 Å². The van der Waals surface area contributed by atoms with E-state index in [9.17, 15) is 0 Å². The third kappa shape index (κ3) is 2.94. The summed E-state index contributed by atoms with van der Waals surface area (Å²) in [6.07, 6.45) is -3.01. The Balaban J connectivity index is 0.000000136. The fourth-order valence-corrected chi connectivity index (χ4v) is 1.99. The molecular weight excluding hydrogens is 232 g/mol. The maximum Gasteiger partial charge on any atom is 0.114 e. The van der Waals surface area contributed by atoms with Crippen LogP contribution in [0.15, 0.2) is 0 Å². The van der Waals surface area contributed by atoms with E-state index >= 15 is 0 Å². The van der Waals surface area contributed by atoms with Crippen molar-refractivity contribution in [3.05, 3.63) is 0 Å². The zero-order valence-corrected chi connectivity index (χ0v) is 9.31. The predicted octanol–water partition coefficient (Wildman–Crippen LogP) is -2.76. The van der Waals surface area contributed by atoms with E-state index in [0.29, 0.717) is 0 Å². The van der Waals surface area contributed by atoms with E-state index in [1.165, 1.54) is 0 Å². The molecule has 6 unspecified atom stereocenters. The van der Waals surface area contributed by atoms with Crippen LogP contribution in [0.2, 0.25) is 0 Å². The molecule has 0 saturated carbocycles. The van der Waals surface area contributed by atoms with Crippen molar-refractivity contribution in [2.75, 3.05) is 26.4 Å². The SMILES string of the molecule is OC1COC2C(O)COC12.OC1COCC1O. The second-order valence-corrected chi connectivity index (χ2v) is 4.40. The van der Waals surface area contributed by atoms with Gasteiger partial charge in [0.2, 0.25) is 0 Å². The van der Waals surface area contributed by atoms with E-state index in [1.807, 2.05) is 0 Å². The van der Waals surface area contributed by atoms with Gasteiger partial charge in [-0.3, -0.25) is 0 Å². The van der Waals surface area contributed by atoms with Crippen molar-refractivity contribution in [1.82, 2.24) is 0 Å². The predicted molar refractivity (Wildman–Crippen MR) is 54.3 cm³/mol. The van der Waals surface area contributed by atoms with Crippen molar-refractivity contribution in [2.24, 2.45) is 0 Å². The third-order valence-corrected chi connectivity index (χ3v) is 3.02. The minimum atomic E-state index is -0.653. The lowest BCUT2D eigenvalue weighted by Crippen LogP contribution is -2.30. The van der Waals surface area contributed by atoms with Crippen LogP contribution in [0.25, 0.3) is 0 Å². The minimum absolute atomic E-state index is 0.279. The second-order valence-electron chi connectivity index (χ2n) is 4.40. The van der Waals surface area contributed by atoms with Crippen LogP contribution in [0.3, 0.4) is 0 Å². The lowest BCUT2D eigenvalue weighted by atomic mass is 10.1. The molecule has 0 spiro atoms. The molecule has 3 aliphatic rings. The number of rotatable bonds is 0. The topological polar surface area (TPSA) is 109 Å². The highest BCUT2D eigenvalue weighted by atomic mass is 16.6. The molecule has 3 rings (SSSR count). The van der Waals surface area contributed by atoms with Gasteiger partial charge < -0.3 is 34.6 Å². The Morgan fingerprint density at radius 2 is 1.00 bits per heavy atom. The molecule has 7 nitrogen and oxygen atoms in total. The van der Waals surface area contributed by atoms with E-state index in [2.05, 4.69) is 4.74 Å². The molecule has 4 N–H and O–H groups in total. The standard InChI is InChI=1S/C6H10O4.C4H8O3/c7-3-1-9-6-4(8)2-10-5(3)6;5-3-1-7-2-4(3)6/h3-8H,1-2H2;3-6H,1-2H2. The van der Waals surface area contributed by atoms with Gasteiger partial charge in [0.1, 0.15) is 36.6 Å². The van der Waals surface area contributed by atoms with E-state index in [0.717, 1.165) is 0 Å². The first-order valence-electron chi connectivity index (χ1n) is 5.63. The summed E-state index contributed by atoms with van der Waals surface area (Å²) in [5.74, 6) is 0. The zero-order valence-electron chi connectivity index (χ0n) is 9.31. The molecule has 0 radical (unpaired) electrons. The van der Waals surface area contributed by atoms with Crippen LogP contribution in [0, 0.1) is 0 Å². The molecule has 0 aliphatic carbocycles. The maximum atomic E-state index is 9.16. The van der Waals surface area contributed by atoms with Crippen LogP contribution in [0.4, 0.5) is 0 Å². The Kier molecular flexibility index (Phi) is 4.31. The largest absolute Gasteiger partial charge is 0.388 e. The van der Waals surface area contributed by atoms with Gasteiger partial charge in [0.05, 0.1) is 26.4 Å². The molecule has 0 amide bonds. The van der Waals surface area contributed by atoms with Crippen LogP contribution in [-0.4, -0.2) is 83.5 Å². The Hall–Kier alpha value is -0.280. The van der Waals surface area contributed by atoms with Crippen molar-refractivity contribution in [2.45, 2.75) is 36.6 Å². The Bertz CT molecular complexity index is 225. The highest BCUT2D eigenvalue weighted by Gasteiger charge is 2.46.